The number of nitrogens with zero attached hydrogens (tertiary/aromatic N) is 1. The first-order valence-corrected chi connectivity index (χ1v) is 6.95. The molecule has 4 saturated carbocycles. The second-order valence-corrected chi connectivity index (χ2v) is 6.73. The fourth-order valence-corrected chi connectivity index (χ4v) is 5.05. The number of cyclic esters (lactones) is 1. The number of rotatable bonds is 1. The lowest BCUT2D eigenvalue weighted by molar-refractivity contribution is -0.136. The largest absolute Gasteiger partial charge is 0.410 e. The van der Waals surface area contributed by atoms with E-state index in [2.05, 4.69) is 4.99 Å². The molecule has 92 valence electrons. The number of carbonyl (C=O) groups excluding carboxylic acids is 1. The number of carbonyl (C=O) groups is 1. The molecule has 5 aliphatic rings. The van der Waals surface area contributed by atoms with Gasteiger partial charge in [0.2, 0.25) is 5.90 Å². The Labute approximate surface area is 102 Å². The predicted octanol–water partition coefficient (Wildman–Crippen LogP) is 2.55. The molecule has 17 heavy (non-hydrogen) atoms. The second kappa shape index (κ2) is 3.12. The molecule has 3 nitrogen and oxygen atoms in total. The molecule has 0 amide bonds. The third-order valence-corrected chi connectivity index (χ3v) is 5.34. The van der Waals surface area contributed by atoms with Crippen LogP contribution in [0.4, 0.5) is 0 Å². The lowest BCUT2D eigenvalue weighted by Crippen LogP contribution is -2.50. The molecular formula is C14H19NO2. The molecule has 0 spiro atoms. The molecular weight excluding hydrogens is 214 g/mol. The van der Waals surface area contributed by atoms with Gasteiger partial charge >= 0.3 is 5.97 Å². The summed E-state index contributed by atoms with van der Waals surface area (Å²) in [5.41, 5.74) is 0.148. The first-order chi connectivity index (χ1) is 8.14. The molecule has 4 bridgehead atoms. The van der Waals surface area contributed by atoms with E-state index < -0.39 is 0 Å². The summed E-state index contributed by atoms with van der Waals surface area (Å²) >= 11 is 0. The van der Waals surface area contributed by atoms with Crippen LogP contribution in [0.1, 0.15) is 45.4 Å². The van der Waals surface area contributed by atoms with E-state index in [1.807, 2.05) is 6.92 Å². The summed E-state index contributed by atoms with van der Waals surface area (Å²) in [4.78, 5) is 16.0. The zero-order valence-corrected chi connectivity index (χ0v) is 10.3. The van der Waals surface area contributed by atoms with Gasteiger partial charge in [0.15, 0.2) is 0 Å². The number of esters is 1. The minimum absolute atomic E-state index is 0.143. The van der Waals surface area contributed by atoms with Crippen molar-refractivity contribution in [2.24, 2.45) is 28.2 Å². The Kier molecular flexibility index (Phi) is 1.85. The van der Waals surface area contributed by atoms with Crippen LogP contribution in [-0.4, -0.2) is 17.9 Å². The van der Waals surface area contributed by atoms with Gasteiger partial charge in [0, 0.05) is 5.41 Å². The normalized spacial score (nSPS) is 51.6. The maximum Gasteiger partial charge on any atom is 0.337 e. The Morgan fingerprint density at radius 3 is 2.06 bits per heavy atom. The first kappa shape index (κ1) is 10.1. The maximum absolute atomic E-state index is 11.5. The highest BCUT2D eigenvalue weighted by atomic mass is 16.6. The van der Waals surface area contributed by atoms with Gasteiger partial charge in [-0.25, -0.2) is 9.79 Å². The van der Waals surface area contributed by atoms with Crippen LogP contribution in [0, 0.1) is 23.2 Å². The van der Waals surface area contributed by atoms with Crippen LogP contribution < -0.4 is 0 Å². The molecule has 5 rings (SSSR count). The highest BCUT2D eigenvalue weighted by Crippen LogP contribution is 2.61. The van der Waals surface area contributed by atoms with E-state index in [0.29, 0.717) is 0 Å². The van der Waals surface area contributed by atoms with E-state index in [-0.39, 0.29) is 17.4 Å². The molecule has 0 aromatic rings. The quantitative estimate of drug-likeness (QED) is 0.653. The fraction of sp³-hybridized carbons (Fsp3) is 0.857. The molecule has 0 aromatic heterocycles. The van der Waals surface area contributed by atoms with Gasteiger partial charge in [-0.3, -0.25) is 0 Å². The average Bonchev–Trinajstić information content (AvgIpc) is 2.58. The van der Waals surface area contributed by atoms with Gasteiger partial charge in [-0.1, -0.05) is 0 Å². The Bertz CT molecular complexity index is 377. The van der Waals surface area contributed by atoms with Crippen LogP contribution in [0.25, 0.3) is 0 Å². The van der Waals surface area contributed by atoms with Gasteiger partial charge in [0.05, 0.1) is 0 Å². The Morgan fingerprint density at radius 2 is 1.65 bits per heavy atom. The van der Waals surface area contributed by atoms with Gasteiger partial charge in [-0.2, -0.15) is 0 Å². The van der Waals surface area contributed by atoms with E-state index in [0.717, 1.165) is 23.7 Å². The van der Waals surface area contributed by atoms with Crippen molar-refractivity contribution >= 4 is 11.9 Å². The number of hydrogen-bond donors (Lipinski definition) is 0. The lowest BCUT2D eigenvalue weighted by Gasteiger charge is -2.55. The minimum atomic E-state index is -0.266. The number of hydrogen-bond acceptors (Lipinski definition) is 3. The van der Waals surface area contributed by atoms with Crippen LogP contribution in [0.3, 0.4) is 0 Å². The van der Waals surface area contributed by atoms with E-state index in [1.54, 1.807) is 0 Å². The van der Waals surface area contributed by atoms with E-state index >= 15 is 0 Å². The summed E-state index contributed by atoms with van der Waals surface area (Å²) in [5.74, 6) is 3.28. The van der Waals surface area contributed by atoms with Crippen LogP contribution in [0.5, 0.6) is 0 Å². The van der Waals surface area contributed by atoms with Crippen LogP contribution in [0.2, 0.25) is 0 Å². The van der Waals surface area contributed by atoms with Crippen LogP contribution in [-0.2, 0) is 9.53 Å². The van der Waals surface area contributed by atoms with Gasteiger partial charge in [0.1, 0.15) is 6.04 Å². The summed E-state index contributed by atoms with van der Waals surface area (Å²) in [6.07, 6.45) is 7.90. The van der Waals surface area contributed by atoms with Gasteiger partial charge in [-0.15, -0.1) is 0 Å². The van der Waals surface area contributed by atoms with E-state index in [4.69, 9.17) is 4.74 Å². The monoisotopic (exact) mass is 233 g/mol. The smallest absolute Gasteiger partial charge is 0.337 e. The number of aliphatic imine (C=N–C) groups is 1. The molecule has 0 aromatic carbocycles. The van der Waals surface area contributed by atoms with Crippen molar-refractivity contribution in [3.8, 4) is 0 Å². The molecule has 3 heteroatoms. The third kappa shape index (κ3) is 1.34. The Morgan fingerprint density at radius 1 is 1.12 bits per heavy atom. The van der Waals surface area contributed by atoms with Gasteiger partial charge in [-0.05, 0) is 63.2 Å². The zero-order valence-electron chi connectivity index (χ0n) is 10.3. The molecule has 1 atom stereocenters. The second-order valence-electron chi connectivity index (χ2n) is 6.73. The molecule has 1 unspecified atom stereocenters. The van der Waals surface area contributed by atoms with Crippen molar-refractivity contribution in [3.63, 3.8) is 0 Å². The SMILES string of the molecule is CC1N=C(C23CC4CC(CC(C4)C2)C3)OC1=O. The minimum Gasteiger partial charge on any atom is -0.410 e. The van der Waals surface area contributed by atoms with E-state index in [9.17, 15) is 4.79 Å². The Hall–Kier alpha value is -0.860. The standard InChI is InChI=1S/C14H19NO2/c1-8-12(16)17-13(15-8)14-5-9-2-10(6-14)4-11(3-9)7-14/h8-11H,2-7H2,1H3. The molecule has 0 N–H and O–H groups in total. The van der Waals surface area contributed by atoms with Crippen LogP contribution in [0.15, 0.2) is 4.99 Å². The average molecular weight is 233 g/mol. The summed E-state index contributed by atoms with van der Waals surface area (Å²) in [7, 11) is 0. The summed E-state index contributed by atoms with van der Waals surface area (Å²) in [6.45, 7) is 1.84. The number of ether oxygens (including phenoxy) is 1. The van der Waals surface area contributed by atoms with Gasteiger partial charge in [0.25, 0.3) is 0 Å². The van der Waals surface area contributed by atoms with Gasteiger partial charge < -0.3 is 4.74 Å². The van der Waals surface area contributed by atoms with Crippen molar-refractivity contribution in [3.05, 3.63) is 0 Å². The van der Waals surface area contributed by atoms with Crippen molar-refractivity contribution in [1.29, 1.82) is 0 Å². The van der Waals surface area contributed by atoms with Crippen molar-refractivity contribution < 1.29 is 9.53 Å². The molecule has 4 fully saturated rings. The molecule has 1 heterocycles. The summed E-state index contributed by atoms with van der Waals surface area (Å²) in [5, 5.41) is 0. The Balaban J connectivity index is 1.69. The fourth-order valence-electron chi connectivity index (χ4n) is 5.05. The highest BCUT2D eigenvalue weighted by molar-refractivity contribution is 6.00. The molecule has 0 saturated heterocycles. The summed E-state index contributed by atoms with van der Waals surface area (Å²) in [6, 6.07) is -0.266. The topological polar surface area (TPSA) is 38.7 Å². The molecule has 4 aliphatic carbocycles. The van der Waals surface area contributed by atoms with Crippen molar-refractivity contribution in [2.75, 3.05) is 0 Å². The highest BCUT2D eigenvalue weighted by Gasteiger charge is 2.55. The first-order valence-electron chi connectivity index (χ1n) is 6.95. The molecule has 0 radical (unpaired) electrons. The maximum atomic E-state index is 11.5. The lowest BCUT2D eigenvalue weighted by atomic mass is 9.49. The van der Waals surface area contributed by atoms with Crippen molar-refractivity contribution in [2.45, 2.75) is 51.5 Å². The predicted molar refractivity (Wildman–Crippen MR) is 63.6 cm³/mol. The van der Waals surface area contributed by atoms with Crippen molar-refractivity contribution in [1.82, 2.24) is 0 Å². The van der Waals surface area contributed by atoms with E-state index in [1.165, 1.54) is 38.5 Å². The third-order valence-electron chi connectivity index (χ3n) is 5.34. The molecule has 1 aliphatic heterocycles. The zero-order chi connectivity index (χ0) is 11.6. The van der Waals surface area contributed by atoms with Crippen LogP contribution >= 0.6 is 0 Å². The summed E-state index contributed by atoms with van der Waals surface area (Å²) < 4.78 is 5.47.